The largest absolute Gasteiger partial charge is 0.495 e. The van der Waals surface area contributed by atoms with E-state index >= 15 is 0 Å². The van der Waals surface area contributed by atoms with Gasteiger partial charge in [0.1, 0.15) is 10.6 Å². The van der Waals surface area contributed by atoms with Crippen LogP contribution in [0.1, 0.15) is 5.69 Å². The highest BCUT2D eigenvalue weighted by Crippen LogP contribution is 2.22. The molecule has 0 spiro atoms. The Labute approximate surface area is 112 Å². The van der Waals surface area contributed by atoms with Crippen molar-refractivity contribution in [3.8, 4) is 5.75 Å². The van der Waals surface area contributed by atoms with Gasteiger partial charge in [0.25, 0.3) is 0 Å². The first-order chi connectivity index (χ1) is 9.04. The molecule has 1 aromatic heterocycles. The van der Waals surface area contributed by atoms with Crippen molar-refractivity contribution in [1.82, 2.24) is 14.5 Å². The number of methoxy groups -OCH3 is 1. The van der Waals surface area contributed by atoms with Crippen LogP contribution in [-0.4, -0.2) is 25.3 Å². The smallest absolute Gasteiger partial charge is 0.244 e. The first-order valence-electron chi connectivity index (χ1n) is 5.64. The second-order valence-corrected chi connectivity index (χ2v) is 5.66. The number of para-hydroxylation sites is 1. The highest BCUT2D eigenvalue weighted by molar-refractivity contribution is 7.89. The van der Waals surface area contributed by atoms with Crippen LogP contribution in [0.4, 0.5) is 0 Å². The van der Waals surface area contributed by atoms with Crippen molar-refractivity contribution in [1.29, 1.82) is 0 Å². The quantitative estimate of drug-likeness (QED) is 0.884. The molecule has 0 radical (unpaired) electrons. The first-order valence-corrected chi connectivity index (χ1v) is 7.12. The van der Waals surface area contributed by atoms with Gasteiger partial charge in [-0.05, 0) is 18.2 Å². The standard InChI is InChI=1S/C12H15N3O3S/c1-15-10(7-8-13-15)9-14-19(16,17)12-6-4-3-5-11(12)18-2/h3-8,14H,9H2,1-2H3. The minimum Gasteiger partial charge on any atom is -0.495 e. The molecule has 102 valence electrons. The van der Waals surface area contributed by atoms with Gasteiger partial charge in [-0.1, -0.05) is 12.1 Å². The molecule has 0 aliphatic rings. The van der Waals surface area contributed by atoms with Gasteiger partial charge in [-0.15, -0.1) is 0 Å². The zero-order valence-electron chi connectivity index (χ0n) is 10.7. The summed E-state index contributed by atoms with van der Waals surface area (Å²) in [7, 11) is -0.415. The summed E-state index contributed by atoms with van der Waals surface area (Å²) in [6, 6.07) is 8.24. The van der Waals surface area contributed by atoms with Crippen LogP contribution in [0.15, 0.2) is 41.4 Å². The maximum Gasteiger partial charge on any atom is 0.244 e. The van der Waals surface area contributed by atoms with Gasteiger partial charge in [-0.25, -0.2) is 13.1 Å². The van der Waals surface area contributed by atoms with E-state index in [1.807, 2.05) is 0 Å². The lowest BCUT2D eigenvalue weighted by molar-refractivity contribution is 0.402. The zero-order chi connectivity index (χ0) is 13.9. The fourth-order valence-electron chi connectivity index (χ4n) is 1.66. The molecular formula is C12H15N3O3S. The third-order valence-electron chi connectivity index (χ3n) is 2.72. The molecule has 2 rings (SSSR count). The van der Waals surface area contributed by atoms with Crippen molar-refractivity contribution in [2.75, 3.05) is 7.11 Å². The Morgan fingerprint density at radius 1 is 1.32 bits per heavy atom. The van der Waals surface area contributed by atoms with Crippen molar-refractivity contribution in [3.63, 3.8) is 0 Å². The van der Waals surface area contributed by atoms with E-state index in [-0.39, 0.29) is 11.4 Å². The Kier molecular flexibility index (Phi) is 3.87. The Morgan fingerprint density at radius 2 is 2.05 bits per heavy atom. The number of hydrogen-bond acceptors (Lipinski definition) is 4. The number of aryl methyl sites for hydroxylation is 1. The lowest BCUT2D eigenvalue weighted by atomic mass is 10.3. The Morgan fingerprint density at radius 3 is 2.68 bits per heavy atom. The zero-order valence-corrected chi connectivity index (χ0v) is 11.5. The normalized spacial score (nSPS) is 11.5. The minimum absolute atomic E-state index is 0.125. The Hall–Kier alpha value is -1.86. The van der Waals surface area contributed by atoms with E-state index < -0.39 is 10.0 Å². The summed E-state index contributed by atoms with van der Waals surface area (Å²) in [5, 5.41) is 3.98. The van der Waals surface area contributed by atoms with Gasteiger partial charge in [0.15, 0.2) is 0 Å². The molecule has 2 aromatic rings. The van der Waals surface area contributed by atoms with Crippen LogP contribution in [0.5, 0.6) is 5.75 Å². The number of nitrogens with zero attached hydrogens (tertiary/aromatic N) is 2. The molecule has 19 heavy (non-hydrogen) atoms. The number of aromatic nitrogens is 2. The molecule has 1 N–H and O–H groups in total. The predicted octanol–water partition coefficient (Wildman–Crippen LogP) is 0.907. The monoisotopic (exact) mass is 281 g/mol. The van der Waals surface area contributed by atoms with E-state index in [9.17, 15) is 8.42 Å². The number of ether oxygens (including phenoxy) is 1. The number of nitrogens with one attached hydrogen (secondary N) is 1. The summed E-state index contributed by atoms with van der Waals surface area (Å²) in [5.41, 5.74) is 0.776. The molecule has 0 aliphatic heterocycles. The lowest BCUT2D eigenvalue weighted by Crippen LogP contribution is -2.24. The highest BCUT2D eigenvalue weighted by atomic mass is 32.2. The molecule has 1 heterocycles. The van der Waals surface area contributed by atoms with Gasteiger partial charge in [-0.3, -0.25) is 4.68 Å². The van der Waals surface area contributed by atoms with Gasteiger partial charge in [-0.2, -0.15) is 5.10 Å². The van der Waals surface area contributed by atoms with E-state index in [4.69, 9.17) is 4.74 Å². The SMILES string of the molecule is COc1ccccc1S(=O)(=O)NCc1ccnn1C. The molecule has 0 aliphatic carbocycles. The summed E-state index contributed by atoms with van der Waals surface area (Å²) in [6.45, 7) is 0.177. The second-order valence-electron chi connectivity index (χ2n) is 3.92. The fraction of sp³-hybridized carbons (Fsp3) is 0.250. The van der Waals surface area contributed by atoms with Crippen molar-refractivity contribution in [3.05, 3.63) is 42.2 Å². The van der Waals surface area contributed by atoms with Crippen molar-refractivity contribution in [2.24, 2.45) is 7.05 Å². The maximum atomic E-state index is 12.2. The van der Waals surface area contributed by atoms with Crippen LogP contribution in [0.2, 0.25) is 0 Å². The van der Waals surface area contributed by atoms with E-state index in [1.54, 1.807) is 42.2 Å². The molecule has 1 aromatic carbocycles. The van der Waals surface area contributed by atoms with Gasteiger partial charge in [0, 0.05) is 13.2 Å². The van der Waals surface area contributed by atoms with Crippen molar-refractivity contribution >= 4 is 10.0 Å². The molecule has 0 bridgehead atoms. The molecule has 6 nitrogen and oxygen atoms in total. The van der Waals surface area contributed by atoms with Crippen LogP contribution >= 0.6 is 0 Å². The van der Waals surface area contributed by atoms with Gasteiger partial charge in [0.05, 0.1) is 19.3 Å². The number of rotatable bonds is 5. The molecule has 0 saturated carbocycles. The summed E-state index contributed by atoms with van der Waals surface area (Å²) in [6.07, 6.45) is 1.62. The van der Waals surface area contributed by atoms with Crippen LogP contribution < -0.4 is 9.46 Å². The van der Waals surface area contributed by atoms with E-state index in [0.29, 0.717) is 5.75 Å². The molecular weight excluding hydrogens is 266 g/mol. The molecule has 7 heteroatoms. The first kappa shape index (κ1) is 13.6. The topological polar surface area (TPSA) is 73.2 Å². The molecule has 0 unspecified atom stereocenters. The van der Waals surface area contributed by atoms with Crippen LogP contribution in [0.25, 0.3) is 0 Å². The lowest BCUT2D eigenvalue weighted by Gasteiger charge is -2.10. The summed E-state index contributed by atoms with van der Waals surface area (Å²) in [4.78, 5) is 0.125. The molecule has 0 amide bonds. The van der Waals surface area contributed by atoms with Crippen LogP contribution in [-0.2, 0) is 23.6 Å². The highest BCUT2D eigenvalue weighted by Gasteiger charge is 2.18. The van der Waals surface area contributed by atoms with Crippen LogP contribution in [0.3, 0.4) is 0 Å². The predicted molar refractivity (Wildman–Crippen MR) is 70.2 cm³/mol. The molecule has 0 saturated heterocycles. The summed E-state index contributed by atoms with van der Waals surface area (Å²) in [5.74, 6) is 0.319. The summed E-state index contributed by atoms with van der Waals surface area (Å²) < 4.78 is 33.6. The van der Waals surface area contributed by atoms with Gasteiger partial charge < -0.3 is 4.74 Å². The van der Waals surface area contributed by atoms with Gasteiger partial charge in [0.2, 0.25) is 10.0 Å². The molecule has 0 fully saturated rings. The van der Waals surface area contributed by atoms with Crippen molar-refractivity contribution < 1.29 is 13.2 Å². The fourth-order valence-corrected chi connectivity index (χ4v) is 2.83. The average molecular weight is 281 g/mol. The Balaban J connectivity index is 2.21. The second kappa shape index (κ2) is 5.41. The third-order valence-corrected chi connectivity index (χ3v) is 4.17. The molecule has 0 atom stereocenters. The number of hydrogen-bond donors (Lipinski definition) is 1. The van der Waals surface area contributed by atoms with E-state index in [1.165, 1.54) is 13.2 Å². The number of sulfonamides is 1. The average Bonchev–Trinajstić information content (AvgIpc) is 2.82. The van der Waals surface area contributed by atoms with Crippen molar-refractivity contribution in [2.45, 2.75) is 11.4 Å². The summed E-state index contributed by atoms with van der Waals surface area (Å²) >= 11 is 0. The van der Waals surface area contributed by atoms with E-state index in [2.05, 4.69) is 9.82 Å². The van der Waals surface area contributed by atoms with Crippen LogP contribution in [0, 0.1) is 0 Å². The number of benzene rings is 1. The third kappa shape index (κ3) is 2.94. The van der Waals surface area contributed by atoms with E-state index in [0.717, 1.165) is 5.69 Å². The minimum atomic E-state index is -3.61. The van der Waals surface area contributed by atoms with Gasteiger partial charge >= 0.3 is 0 Å². The maximum absolute atomic E-state index is 12.2. The Bertz CT molecular complexity index is 664.